The predicted octanol–water partition coefficient (Wildman–Crippen LogP) is 2.18. The van der Waals surface area contributed by atoms with Gasteiger partial charge in [0.2, 0.25) is 0 Å². The van der Waals surface area contributed by atoms with Crippen molar-refractivity contribution < 1.29 is 4.74 Å². The molecule has 74 valence electrons. The number of rotatable bonds is 7. The molecule has 1 atom stereocenters. The van der Waals surface area contributed by atoms with E-state index in [2.05, 4.69) is 20.8 Å². The number of hydrogen-bond acceptors (Lipinski definition) is 2. The van der Waals surface area contributed by atoms with Crippen molar-refractivity contribution in [3.05, 3.63) is 0 Å². The Balaban J connectivity index is 3.45. The molecule has 12 heavy (non-hydrogen) atoms. The largest absolute Gasteiger partial charge is 0.381 e. The number of nitrogens with two attached hydrogens (primary N) is 1. The van der Waals surface area contributed by atoms with Crippen molar-refractivity contribution in [3.63, 3.8) is 0 Å². The van der Waals surface area contributed by atoms with Gasteiger partial charge in [0.25, 0.3) is 0 Å². The summed E-state index contributed by atoms with van der Waals surface area (Å²) in [6.07, 6.45) is 3.45. The van der Waals surface area contributed by atoms with Crippen LogP contribution in [0.15, 0.2) is 0 Å². The molecule has 0 fully saturated rings. The number of ether oxygens (including phenoxy) is 1. The van der Waals surface area contributed by atoms with Crippen LogP contribution in [0.25, 0.3) is 0 Å². The highest BCUT2D eigenvalue weighted by Crippen LogP contribution is 2.19. The summed E-state index contributed by atoms with van der Waals surface area (Å²) in [5.41, 5.74) is 5.84. The molecular formula is C10H23NO. The van der Waals surface area contributed by atoms with Gasteiger partial charge < -0.3 is 10.5 Å². The third kappa shape index (κ3) is 4.73. The van der Waals surface area contributed by atoms with Crippen LogP contribution in [0.1, 0.15) is 40.0 Å². The summed E-state index contributed by atoms with van der Waals surface area (Å²) in [6.45, 7) is 8.92. The maximum Gasteiger partial charge on any atom is 0.0531 e. The zero-order chi connectivity index (χ0) is 9.45. The Morgan fingerprint density at radius 2 is 2.00 bits per heavy atom. The maximum absolute atomic E-state index is 5.65. The predicted molar refractivity (Wildman–Crippen MR) is 53.2 cm³/mol. The molecule has 0 spiro atoms. The average Bonchev–Trinajstić information content (AvgIpc) is 2.12. The summed E-state index contributed by atoms with van der Waals surface area (Å²) in [5, 5.41) is 0. The molecule has 0 bridgehead atoms. The Hall–Kier alpha value is -0.0800. The van der Waals surface area contributed by atoms with E-state index < -0.39 is 0 Å². The van der Waals surface area contributed by atoms with Crippen LogP contribution < -0.4 is 5.73 Å². The van der Waals surface area contributed by atoms with Gasteiger partial charge in [-0.2, -0.15) is 0 Å². The van der Waals surface area contributed by atoms with Crippen molar-refractivity contribution in [2.24, 2.45) is 11.1 Å². The topological polar surface area (TPSA) is 35.2 Å². The molecule has 1 unspecified atom stereocenters. The smallest absolute Gasteiger partial charge is 0.0531 e. The lowest BCUT2D eigenvalue weighted by molar-refractivity contribution is 0.0535. The van der Waals surface area contributed by atoms with Gasteiger partial charge in [-0.3, -0.25) is 0 Å². The molecule has 0 aromatic heterocycles. The number of unbranched alkanes of at least 4 members (excludes halogenated alkanes) is 1. The summed E-state index contributed by atoms with van der Waals surface area (Å²) in [7, 11) is 0. The monoisotopic (exact) mass is 173 g/mol. The Morgan fingerprint density at radius 3 is 2.42 bits per heavy atom. The van der Waals surface area contributed by atoms with Crippen LogP contribution in [0.4, 0.5) is 0 Å². The second-order valence-electron chi connectivity index (χ2n) is 3.77. The first kappa shape index (κ1) is 11.9. The minimum atomic E-state index is 0.188. The van der Waals surface area contributed by atoms with Crippen LogP contribution in [0.3, 0.4) is 0 Å². The van der Waals surface area contributed by atoms with Crippen molar-refractivity contribution in [3.8, 4) is 0 Å². The van der Waals surface area contributed by atoms with E-state index in [0.717, 1.165) is 32.6 Å². The van der Waals surface area contributed by atoms with Crippen LogP contribution in [-0.4, -0.2) is 19.8 Å². The zero-order valence-corrected chi connectivity index (χ0v) is 8.73. The van der Waals surface area contributed by atoms with Crippen molar-refractivity contribution in [2.75, 3.05) is 19.8 Å². The van der Waals surface area contributed by atoms with E-state index in [9.17, 15) is 0 Å². The fourth-order valence-corrected chi connectivity index (χ4v) is 0.870. The highest BCUT2D eigenvalue weighted by Gasteiger charge is 2.19. The van der Waals surface area contributed by atoms with Crippen LogP contribution in [0, 0.1) is 5.41 Å². The van der Waals surface area contributed by atoms with Gasteiger partial charge in [0.1, 0.15) is 0 Å². The van der Waals surface area contributed by atoms with Gasteiger partial charge in [0.05, 0.1) is 6.61 Å². The summed E-state index contributed by atoms with van der Waals surface area (Å²) in [5.74, 6) is 0. The van der Waals surface area contributed by atoms with Crippen LogP contribution in [-0.2, 0) is 4.74 Å². The fourth-order valence-electron chi connectivity index (χ4n) is 0.870. The third-order valence-corrected chi connectivity index (χ3v) is 2.44. The fraction of sp³-hybridized carbons (Fsp3) is 1.00. The molecule has 0 amide bonds. The van der Waals surface area contributed by atoms with E-state index in [4.69, 9.17) is 10.5 Å². The second kappa shape index (κ2) is 6.44. The van der Waals surface area contributed by atoms with E-state index in [1.54, 1.807) is 0 Å². The summed E-state index contributed by atoms with van der Waals surface area (Å²) < 4.78 is 5.54. The standard InChI is InChI=1S/C10H23NO/c1-4-6-7-12-9-10(3,5-2)8-11/h4-9,11H2,1-3H3. The zero-order valence-electron chi connectivity index (χ0n) is 8.73. The van der Waals surface area contributed by atoms with Crippen molar-refractivity contribution in [1.29, 1.82) is 0 Å². The molecule has 2 heteroatoms. The first-order valence-electron chi connectivity index (χ1n) is 4.96. The molecule has 0 saturated carbocycles. The molecule has 2 nitrogen and oxygen atoms in total. The van der Waals surface area contributed by atoms with Gasteiger partial charge in [-0.15, -0.1) is 0 Å². The van der Waals surface area contributed by atoms with Crippen LogP contribution in [0.2, 0.25) is 0 Å². The van der Waals surface area contributed by atoms with Gasteiger partial charge in [-0.1, -0.05) is 27.2 Å². The molecule has 0 saturated heterocycles. The average molecular weight is 173 g/mol. The van der Waals surface area contributed by atoms with E-state index in [-0.39, 0.29) is 5.41 Å². The molecule has 0 aromatic rings. The summed E-state index contributed by atoms with van der Waals surface area (Å²) >= 11 is 0. The molecular weight excluding hydrogens is 150 g/mol. The SMILES string of the molecule is CCCCOCC(C)(CC)CN. The Morgan fingerprint density at radius 1 is 1.33 bits per heavy atom. The molecule has 0 radical (unpaired) electrons. The van der Waals surface area contributed by atoms with Gasteiger partial charge in [0.15, 0.2) is 0 Å². The van der Waals surface area contributed by atoms with Gasteiger partial charge in [-0.05, 0) is 19.4 Å². The van der Waals surface area contributed by atoms with E-state index in [1.807, 2.05) is 0 Å². The molecule has 0 aliphatic heterocycles. The van der Waals surface area contributed by atoms with Gasteiger partial charge in [-0.25, -0.2) is 0 Å². The van der Waals surface area contributed by atoms with Gasteiger partial charge >= 0.3 is 0 Å². The second-order valence-corrected chi connectivity index (χ2v) is 3.77. The summed E-state index contributed by atoms with van der Waals surface area (Å²) in [4.78, 5) is 0. The molecule has 0 heterocycles. The van der Waals surface area contributed by atoms with Crippen LogP contribution >= 0.6 is 0 Å². The quantitative estimate of drug-likeness (QED) is 0.599. The minimum absolute atomic E-state index is 0.188. The molecule has 0 aliphatic rings. The van der Waals surface area contributed by atoms with E-state index >= 15 is 0 Å². The molecule has 0 aliphatic carbocycles. The Kier molecular flexibility index (Phi) is 6.39. The normalized spacial score (nSPS) is 16.0. The lowest BCUT2D eigenvalue weighted by atomic mass is 9.89. The highest BCUT2D eigenvalue weighted by atomic mass is 16.5. The number of hydrogen-bond donors (Lipinski definition) is 1. The minimum Gasteiger partial charge on any atom is -0.381 e. The maximum atomic E-state index is 5.65. The Bertz CT molecular complexity index is 100. The van der Waals surface area contributed by atoms with E-state index in [0.29, 0.717) is 0 Å². The lowest BCUT2D eigenvalue weighted by Gasteiger charge is -2.25. The Labute approximate surface area is 76.5 Å². The van der Waals surface area contributed by atoms with Crippen molar-refractivity contribution >= 4 is 0 Å². The first-order valence-corrected chi connectivity index (χ1v) is 4.96. The third-order valence-electron chi connectivity index (χ3n) is 2.44. The van der Waals surface area contributed by atoms with Crippen molar-refractivity contribution in [1.82, 2.24) is 0 Å². The molecule has 0 aromatic carbocycles. The first-order chi connectivity index (χ1) is 5.68. The van der Waals surface area contributed by atoms with Crippen LogP contribution in [0.5, 0.6) is 0 Å². The van der Waals surface area contributed by atoms with Crippen molar-refractivity contribution in [2.45, 2.75) is 40.0 Å². The molecule has 2 N–H and O–H groups in total. The van der Waals surface area contributed by atoms with E-state index in [1.165, 1.54) is 6.42 Å². The van der Waals surface area contributed by atoms with Gasteiger partial charge in [0, 0.05) is 12.0 Å². The molecule has 0 rings (SSSR count). The highest BCUT2D eigenvalue weighted by molar-refractivity contribution is 4.72. The lowest BCUT2D eigenvalue weighted by Crippen LogP contribution is -2.31. The summed E-state index contributed by atoms with van der Waals surface area (Å²) in [6, 6.07) is 0.